The van der Waals surface area contributed by atoms with Crippen molar-refractivity contribution in [3.05, 3.63) is 205 Å². The number of nitrogens with zero attached hydrogens (tertiary/aromatic N) is 1. The molecule has 50 heavy (non-hydrogen) atoms. The maximum atomic E-state index is 9.98. The number of hydrogen-bond acceptors (Lipinski definition) is 1. The van der Waals surface area contributed by atoms with Crippen molar-refractivity contribution in [1.82, 2.24) is 0 Å². The van der Waals surface area contributed by atoms with Gasteiger partial charge in [0.2, 0.25) is 0 Å². The fourth-order valence-electron chi connectivity index (χ4n) is 6.88. The Labute approximate surface area is 294 Å². The van der Waals surface area contributed by atoms with Crippen LogP contribution in [0.3, 0.4) is 0 Å². The van der Waals surface area contributed by atoms with Crippen molar-refractivity contribution < 1.29 is 0 Å². The van der Waals surface area contributed by atoms with Crippen LogP contribution in [-0.4, -0.2) is 0 Å². The SMILES string of the molecule is N#Cc1cc(C2=CCCC(c3ccc(-c4ccccc4)cc3)=C2)cc(-c2ccc(-c3cccc(-c4ccc(-c5ccccc5)cc4)c3)cc2)c1. The minimum absolute atomic E-state index is 0.668. The van der Waals surface area contributed by atoms with E-state index >= 15 is 0 Å². The summed E-state index contributed by atoms with van der Waals surface area (Å²) < 4.78 is 0. The summed E-state index contributed by atoms with van der Waals surface area (Å²) in [5.74, 6) is 0. The van der Waals surface area contributed by atoms with E-state index in [0.29, 0.717) is 5.56 Å². The van der Waals surface area contributed by atoms with Crippen LogP contribution in [-0.2, 0) is 0 Å². The summed E-state index contributed by atoms with van der Waals surface area (Å²) in [6, 6.07) is 64.7. The highest BCUT2D eigenvalue weighted by Crippen LogP contribution is 2.35. The third-order valence-corrected chi connectivity index (χ3v) is 9.61. The Morgan fingerprint density at radius 2 is 0.760 bits per heavy atom. The van der Waals surface area contributed by atoms with Crippen molar-refractivity contribution in [3.63, 3.8) is 0 Å². The van der Waals surface area contributed by atoms with Gasteiger partial charge in [0.15, 0.2) is 0 Å². The molecular formula is C49H35N. The predicted octanol–water partition coefficient (Wildman–Crippen LogP) is 13.2. The van der Waals surface area contributed by atoms with Crippen molar-refractivity contribution in [2.75, 3.05) is 0 Å². The summed E-state index contributed by atoms with van der Waals surface area (Å²) in [7, 11) is 0. The second kappa shape index (κ2) is 13.9. The Morgan fingerprint density at radius 3 is 1.28 bits per heavy atom. The molecule has 1 heteroatoms. The molecule has 0 fully saturated rings. The molecule has 0 saturated heterocycles. The lowest BCUT2D eigenvalue weighted by atomic mass is 9.88. The fraction of sp³-hybridized carbons (Fsp3) is 0.0408. The highest BCUT2D eigenvalue weighted by molar-refractivity contribution is 5.88. The molecule has 7 aromatic carbocycles. The number of hydrogen-bond donors (Lipinski definition) is 0. The minimum Gasteiger partial charge on any atom is -0.192 e. The zero-order valence-corrected chi connectivity index (χ0v) is 27.8. The van der Waals surface area contributed by atoms with Crippen molar-refractivity contribution >= 4 is 11.1 Å². The molecule has 0 aromatic heterocycles. The van der Waals surface area contributed by atoms with Gasteiger partial charge in [-0.25, -0.2) is 0 Å². The Bertz CT molecular complexity index is 2370. The van der Waals surface area contributed by atoms with E-state index in [1.165, 1.54) is 55.7 Å². The standard InChI is InChI=1S/C49H35N/c50-34-35-29-48(33-49(30-35)47-16-8-15-46(32-47)41-23-19-39(20-24-41)37-11-5-2-6-12-37)43-27-25-42(26-28-43)45-14-7-13-44(31-45)40-21-17-38(18-22-40)36-9-3-1-4-10-36/h1-7,9-14,16-33H,8,15H2. The molecule has 1 aliphatic carbocycles. The monoisotopic (exact) mass is 637 g/mol. The lowest BCUT2D eigenvalue weighted by Crippen LogP contribution is -1.95. The third kappa shape index (κ3) is 6.61. The van der Waals surface area contributed by atoms with E-state index in [2.05, 4.69) is 170 Å². The summed E-state index contributed by atoms with van der Waals surface area (Å²) in [5.41, 5.74) is 17.2. The van der Waals surface area contributed by atoms with Crippen molar-refractivity contribution in [1.29, 1.82) is 5.26 Å². The number of benzene rings is 7. The maximum Gasteiger partial charge on any atom is 0.0992 e. The van der Waals surface area contributed by atoms with E-state index in [0.717, 1.165) is 35.1 Å². The number of nitriles is 1. The number of rotatable bonds is 7. The van der Waals surface area contributed by atoms with Gasteiger partial charge < -0.3 is 0 Å². The Morgan fingerprint density at radius 1 is 0.360 bits per heavy atom. The third-order valence-electron chi connectivity index (χ3n) is 9.61. The van der Waals surface area contributed by atoms with Gasteiger partial charge in [-0.05, 0) is 115 Å². The van der Waals surface area contributed by atoms with Crippen LogP contribution in [0, 0.1) is 11.3 Å². The highest BCUT2D eigenvalue weighted by Gasteiger charge is 2.13. The average molecular weight is 638 g/mol. The van der Waals surface area contributed by atoms with Crippen molar-refractivity contribution in [3.8, 4) is 61.7 Å². The average Bonchev–Trinajstić information content (AvgIpc) is 3.21. The van der Waals surface area contributed by atoms with Crippen molar-refractivity contribution in [2.45, 2.75) is 12.8 Å². The molecule has 0 unspecified atom stereocenters. The van der Waals surface area contributed by atoms with Gasteiger partial charge in [0.25, 0.3) is 0 Å². The molecule has 236 valence electrons. The molecule has 7 aromatic rings. The molecule has 8 rings (SSSR count). The summed E-state index contributed by atoms with van der Waals surface area (Å²) in [6.07, 6.45) is 6.57. The van der Waals surface area contributed by atoms with Gasteiger partial charge in [-0.3, -0.25) is 0 Å². The second-order valence-electron chi connectivity index (χ2n) is 12.8. The summed E-state index contributed by atoms with van der Waals surface area (Å²) >= 11 is 0. The van der Waals surface area contributed by atoms with Crippen LogP contribution in [0.2, 0.25) is 0 Å². The quantitative estimate of drug-likeness (QED) is 0.171. The molecule has 0 amide bonds. The second-order valence-corrected chi connectivity index (χ2v) is 12.8. The first-order valence-electron chi connectivity index (χ1n) is 17.2. The van der Waals surface area contributed by atoms with Gasteiger partial charge in [-0.15, -0.1) is 0 Å². The maximum absolute atomic E-state index is 9.98. The number of allylic oxidation sites excluding steroid dienone is 4. The van der Waals surface area contributed by atoms with Crippen LogP contribution in [0.25, 0.3) is 66.8 Å². The zero-order chi connectivity index (χ0) is 33.7. The largest absolute Gasteiger partial charge is 0.192 e. The molecule has 0 atom stereocenters. The van der Waals surface area contributed by atoms with E-state index in [9.17, 15) is 5.26 Å². The zero-order valence-electron chi connectivity index (χ0n) is 27.8. The summed E-state index contributed by atoms with van der Waals surface area (Å²) in [6.45, 7) is 0. The Balaban J connectivity index is 1.03. The molecular weight excluding hydrogens is 603 g/mol. The lowest BCUT2D eigenvalue weighted by Gasteiger charge is -2.16. The van der Waals surface area contributed by atoms with Gasteiger partial charge >= 0.3 is 0 Å². The van der Waals surface area contributed by atoms with Crippen molar-refractivity contribution in [2.24, 2.45) is 0 Å². The molecule has 0 heterocycles. The molecule has 0 aliphatic heterocycles. The van der Waals surface area contributed by atoms with E-state index in [1.54, 1.807) is 0 Å². The van der Waals surface area contributed by atoms with Gasteiger partial charge in [0.05, 0.1) is 11.6 Å². The highest BCUT2D eigenvalue weighted by atomic mass is 14.2. The van der Waals surface area contributed by atoms with E-state index < -0.39 is 0 Å². The van der Waals surface area contributed by atoms with Crippen LogP contribution >= 0.6 is 0 Å². The van der Waals surface area contributed by atoms with Gasteiger partial charge in [0.1, 0.15) is 0 Å². The molecule has 0 spiro atoms. The Hall–Kier alpha value is -6.49. The van der Waals surface area contributed by atoms with Crippen LogP contribution in [0.5, 0.6) is 0 Å². The molecule has 0 bridgehead atoms. The first-order chi connectivity index (χ1) is 24.7. The topological polar surface area (TPSA) is 23.8 Å². The van der Waals surface area contributed by atoms with Crippen LogP contribution < -0.4 is 0 Å². The van der Waals surface area contributed by atoms with E-state index in [4.69, 9.17) is 0 Å². The predicted molar refractivity (Wildman–Crippen MR) is 210 cm³/mol. The summed E-state index contributed by atoms with van der Waals surface area (Å²) in [5, 5.41) is 9.98. The first-order valence-corrected chi connectivity index (χ1v) is 17.2. The van der Waals surface area contributed by atoms with Gasteiger partial charge in [-0.1, -0.05) is 164 Å². The molecule has 0 N–H and O–H groups in total. The smallest absolute Gasteiger partial charge is 0.0992 e. The van der Waals surface area contributed by atoms with Gasteiger partial charge in [0, 0.05) is 0 Å². The van der Waals surface area contributed by atoms with Crippen LogP contribution in [0.4, 0.5) is 0 Å². The normalized spacial score (nSPS) is 12.5. The molecule has 1 nitrogen and oxygen atoms in total. The first kappa shape index (κ1) is 30.8. The van der Waals surface area contributed by atoms with E-state index in [1.807, 2.05) is 24.3 Å². The van der Waals surface area contributed by atoms with E-state index in [-0.39, 0.29) is 0 Å². The molecule has 0 radical (unpaired) electrons. The van der Waals surface area contributed by atoms with Crippen LogP contribution in [0.1, 0.15) is 29.5 Å². The Kier molecular flexibility index (Phi) is 8.59. The minimum atomic E-state index is 0.668. The van der Waals surface area contributed by atoms with Crippen LogP contribution in [0.15, 0.2) is 188 Å². The molecule has 0 saturated carbocycles. The summed E-state index contributed by atoms with van der Waals surface area (Å²) in [4.78, 5) is 0. The fourth-order valence-corrected chi connectivity index (χ4v) is 6.88. The van der Waals surface area contributed by atoms with Gasteiger partial charge in [-0.2, -0.15) is 5.26 Å². The lowest BCUT2D eigenvalue weighted by molar-refractivity contribution is 1.06. The molecule has 1 aliphatic rings.